The minimum absolute atomic E-state index is 0.356. The highest BCUT2D eigenvalue weighted by Crippen LogP contribution is 2.41. The van der Waals surface area contributed by atoms with Crippen molar-refractivity contribution in [3.8, 4) is 39.3 Å². The average Bonchev–Trinajstić information content (AvgIpc) is 2.74. The van der Waals surface area contributed by atoms with Gasteiger partial charge in [0.2, 0.25) is 0 Å². The summed E-state index contributed by atoms with van der Waals surface area (Å²) < 4.78 is 5.83. The van der Waals surface area contributed by atoms with E-state index < -0.39 is 0 Å². The van der Waals surface area contributed by atoms with Crippen molar-refractivity contribution in [1.82, 2.24) is 9.97 Å². The molecule has 31 heavy (non-hydrogen) atoms. The van der Waals surface area contributed by atoms with Crippen LogP contribution < -0.4 is 10.5 Å². The molecule has 4 rings (SSSR count). The van der Waals surface area contributed by atoms with Crippen molar-refractivity contribution in [3.63, 3.8) is 0 Å². The van der Waals surface area contributed by atoms with E-state index in [0.717, 1.165) is 33.5 Å². The Hall–Kier alpha value is -3.37. The summed E-state index contributed by atoms with van der Waals surface area (Å²) in [6, 6.07) is 18.2. The third kappa shape index (κ3) is 3.99. The molecule has 0 aliphatic carbocycles. The Bertz CT molecular complexity index is 1280. The number of para-hydroxylation sites is 1. The number of hydrogen-bond acceptors (Lipinski definition) is 4. The maximum absolute atomic E-state index is 6.15. The molecule has 2 aromatic heterocycles. The van der Waals surface area contributed by atoms with Crippen LogP contribution in [0.1, 0.15) is 16.7 Å². The maximum Gasteiger partial charge on any atom is 0.136 e. The largest absolute Gasteiger partial charge is 0.495 e. The lowest BCUT2D eigenvalue weighted by atomic mass is 9.94. The van der Waals surface area contributed by atoms with Crippen LogP contribution in [0.15, 0.2) is 60.8 Å². The number of halogens is 1. The summed E-state index contributed by atoms with van der Waals surface area (Å²) >= 11 is 5.99. The van der Waals surface area contributed by atoms with Gasteiger partial charge in [-0.1, -0.05) is 47.5 Å². The van der Waals surface area contributed by atoms with Crippen LogP contribution in [0.2, 0.25) is 5.15 Å². The molecule has 0 saturated heterocycles. The average molecular weight is 430 g/mol. The lowest BCUT2D eigenvalue weighted by Gasteiger charge is -2.16. The van der Waals surface area contributed by atoms with Gasteiger partial charge in [0.15, 0.2) is 0 Å². The van der Waals surface area contributed by atoms with E-state index in [1.807, 2.05) is 30.5 Å². The van der Waals surface area contributed by atoms with Crippen molar-refractivity contribution in [2.45, 2.75) is 20.8 Å². The number of aromatic nitrogens is 2. The van der Waals surface area contributed by atoms with Crippen LogP contribution in [0.3, 0.4) is 0 Å². The highest BCUT2D eigenvalue weighted by molar-refractivity contribution is 6.29. The number of ether oxygens (including phenoxy) is 1. The number of benzene rings is 2. The standard InChI is InChI=1S/C26H24ClN3O/c1-15-8-9-18(16(2)12-15)22-13-23(29-14-17(22)3)21-7-5-6-19(25(21)31-4)20-10-11-24(27)30-26(20)28/h5-14H,1-4H3,(H2,28,30). The van der Waals surface area contributed by atoms with E-state index >= 15 is 0 Å². The van der Waals surface area contributed by atoms with Gasteiger partial charge >= 0.3 is 0 Å². The summed E-state index contributed by atoms with van der Waals surface area (Å²) in [6.07, 6.45) is 1.91. The van der Waals surface area contributed by atoms with E-state index in [1.54, 1.807) is 13.2 Å². The molecule has 4 aromatic rings. The molecular weight excluding hydrogens is 406 g/mol. The Labute approximate surface area is 187 Å². The molecule has 0 fully saturated rings. The molecule has 2 aromatic carbocycles. The highest BCUT2D eigenvalue weighted by atomic mass is 35.5. The minimum atomic E-state index is 0.356. The minimum Gasteiger partial charge on any atom is -0.495 e. The van der Waals surface area contributed by atoms with Gasteiger partial charge in [0.25, 0.3) is 0 Å². The molecule has 2 heterocycles. The second-order valence-corrected chi connectivity index (χ2v) is 8.04. The van der Waals surface area contributed by atoms with Crippen LogP contribution in [0.25, 0.3) is 33.5 Å². The molecule has 0 unspecified atom stereocenters. The third-order valence-corrected chi connectivity index (χ3v) is 5.66. The molecule has 0 atom stereocenters. The zero-order valence-electron chi connectivity index (χ0n) is 18.0. The first-order chi connectivity index (χ1) is 14.9. The predicted molar refractivity (Wildman–Crippen MR) is 129 cm³/mol. The van der Waals surface area contributed by atoms with Gasteiger partial charge in [0, 0.05) is 22.9 Å². The number of nitrogen functional groups attached to an aromatic ring is 1. The number of aryl methyl sites for hydroxylation is 3. The monoisotopic (exact) mass is 429 g/mol. The first-order valence-corrected chi connectivity index (χ1v) is 10.4. The SMILES string of the molecule is COc1c(-c2cc(-c3ccc(C)cc3C)c(C)cn2)cccc1-c1ccc(Cl)nc1N. The number of nitrogens with zero attached hydrogens (tertiary/aromatic N) is 2. The van der Waals surface area contributed by atoms with Gasteiger partial charge in [-0.3, -0.25) is 4.98 Å². The van der Waals surface area contributed by atoms with Crippen molar-refractivity contribution < 1.29 is 4.74 Å². The van der Waals surface area contributed by atoms with Crippen LogP contribution in [0.4, 0.5) is 5.82 Å². The topological polar surface area (TPSA) is 61.0 Å². The fourth-order valence-electron chi connectivity index (χ4n) is 3.93. The van der Waals surface area contributed by atoms with Gasteiger partial charge in [-0.05, 0) is 67.3 Å². The van der Waals surface area contributed by atoms with E-state index in [2.05, 4.69) is 50.0 Å². The van der Waals surface area contributed by atoms with Gasteiger partial charge < -0.3 is 10.5 Å². The molecule has 0 spiro atoms. The lowest BCUT2D eigenvalue weighted by molar-refractivity contribution is 0.418. The third-order valence-electron chi connectivity index (χ3n) is 5.45. The summed E-state index contributed by atoms with van der Waals surface area (Å²) in [5.74, 6) is 1.05. The molecule has 4 nitrogen and oxygen atoms in total. The Morgan fingerprint density at radius 3 is 2.26 bits per heavy atom. The number of rotatable bonds is 4. The van der Waals surface area contributed by atoms with E-state index in [0.29, 0.717) is 16.7 Å². The molecule has 0 aliphatic heterocycles. The molecule has 0 bridgehead atoms. The Morgan fingerprint density at radius 1 is 0.806 bits per heavy atom. The number of nitrogens with two attached hydrogens (primary N) is 1. The van der Waals surface area contributed by atoms with E-state index in [-0.39, 0.29) is 0 Å². The predicted octanol–water partition coefficient (Wildman–Crippen LogP) is 6.65. The van der Waals surface area contributed by atoms with Gasteiger partial charge in [0.05, 0.1) is 12.8 Å². The van der Waals surface area contributed by atoms with Gasteiger partial charge in [-0.15, -0.1) is 0 Å². The van der Waals surface area contributed by atoms with Gasteiger partial charge in [-0.25, -0.2) is 4.98 Å². The second-order valence-electron chi connectivity index (χ2n) is 7.66. The lowest BCUT2D eigenvalue weighted by Crippen LogP contribution is -1.98. The van der Waals surface area contributed by atoms with Crippen LogP contribution in [0.5, 0.6) is 5.75 Å². The fourth-order valence-corrected chi connectivity index (χ4v) is 4.08. The van der Waals surface area contributed by atoms with Crippen molar-refractivity contribution >= 4 is 17.4 Å². The van der Waals surface area contributed by atoms with Crippen LogP contribution in [-0.2, 0) is 0 Å². The van der Waals surface area contributed by atoms with E-state index in [9.17, 15) is 0 Å². The zero-order valence-corrected chi connectivity index (χ0v) is 18.8. The number of anilines is 1. The van der Waals surface area contributed by atoms with Crippen LogP contribution >= 0.6 is 11.6 Å². The second kappa shape index (κ2) is 8.40. The first kappa shape index (κ1) is 20.9. The molecule has 0 aliphatic rings. The van der Waals surface area contributed by atoms with Gasteiger partial charge in [0.1, 0.15) is 16.7 Å². The van der Waals surface area contributed by atoms with Crippen molar-refractivity contribution in [2.75, 3.05) is 12.8 Å². The summed E-state index contributed by atoms with van der Waals surface area (Å²) in [6.45, 7) is 6.33. The van der Waals surface area contributed by atoms with Gasteiger partial charge in [-0.2, -0.15) is 0 Å². The molecule has 0 saturated carbocycles. The summed E-state index contributed by atoms with van der Waals surface area (Å²) in [5, 5.41) is 0.356. The molecule has 0 radical (unpaired) electrons. The smallest absolute Gasteiger partial charge is 0.136 e. The Balaban J connectivity index is 1.89. The summed E-state index contributed by atoms with van der Waals surface area (Å²) in [4.78, 5) is 8.90. The number of hydrogen-bond donors (Lipinski definition) is 1. The number of methoxy groups -OCH3 is 1. The van der Waals surface area contributed by atoms with Crippen molar-refractivity contribution in [3.05, 3.63) is 82.6 Å². The molecular formula is C26H24ClN3O. The molecule has 2 N–H and O–H groups in total. The number of pyridine rings is 2. The molecule has 5 heteroatoms. The summed E-state index contributed by atoms with van der Waals surface area (Å²) in [5.41, 5.74) is 15.4. The Kier molecular flexibility index (Phi) is 5.66. The summed E-state index contributed by atoms with van der Waals surface area (Å²) in [7, 11) is 1.65. The maximum atomic E-state index is 6.15. The first-order valence-electron chi connectivity index (χ1n) is 10.0. The molecule has 0 amide bonds. The Morgan fingerprint density at radius 2 is 1.55 bits per heavy atom. The van der Waals surface area contributed by atoms with Crippen LogP contribution in [0, 0.1) is 20.8 Å². The quantitative estimate of drug-likeness (QED) is 0.369. The van der Waals surface area contributed by atoms with Crippen molar-refractivity contribution in [2.24, 2.45) is 0 Å². The normalized spacial score (nSPS) is 10.9. The molecule has 156 valence electrons. The van der Waals surface area contributed by atoms with E-state index in [4.69, 9.17) is 27.1 Å². The highest BCUT2D eigenvalue weighted by Gasteiger charge is 2.17. The van der Waals surface area contributed by atoms with Crippen molar-refractivity contribution in [1.29, 1.82) is 0 Å². The fraction of sp³-hybridized carbons (Fsp3) is 0.154. The van der Waals surface area contributed by atoms with Crippen LogP contribution in [-0.4, -0.2) is 17.1 Å². The van der Waals surface area contributed by atoms with E-state index in [1.165, 1.54) is 16.7 Å². The zero-order chi connectivity index (χ0) is 22.1.